The van der Waals surface area contributed by atoms with Crippen molar-refractivity contribution >= 4 is 35.8 Å². The SMILES string of the molecule is CCCCCCNC(=NCC(=O)N(C)C)NC1CCN(Cc2ccccc2)CC1.I. The molecule has 1 saturated heterocycles. The van der Waals surface area contributed by atoms with Crippen LogP contribution in [0.5, 0.6) is 0 Å². The third-order valence-electron chi connectivity index (χ3n) is 5.37. The second kappa shape index (κ2) is 15.5. The number of likely N-dealkylation sites (N-methyl/N-ethyl adjacent to an activating group) is 1. The zero-order valence-electron chi connectivity index (χ0n) is 18.9. The van der Waals surface area contributed by atoms with Gasteiger partial charge in [-0.2, -0.15) is 0 Å². The van der Waals surface area contributed by atoms with Crippen molar-refractivity contribution in [1.82, 2.24) is 20.4 Å². The number of unbranched alkanes of at least 4 members (excludes halogenated alkanes) is 3. The van der Waals surface area contributed by atoms with Crippen molar-refractivity contribution < 1.29 is 4.79 Å². The summed E-state index contributed by atoms with van der Waals surface area (Å²) in [4.78, 5) is 20.6. The van der Waals surface area contributed by atoms with E-state index in [1.54, 1.807) is 19.0 Å². The fourth-order valence-electron chi connectivity index (χ4n) is 3.47. The largest absolute Gasteiger partial charge is 0.356 e. The van der Waals surface area contributed by atoms with Crippen molar-refractivity contribution in [2.24, 2.45) is 4.99 Å². The number of rotatable bonds is 10. The van der Waals surface area contributed by atoms with Gasteiger partial charge in [-0.25, -0.2) is 4.99 Å². The zero-order valence-corrected chi connectivity index (χ0v) is 21.2. The first kappa shape index (κ1) is 26.7. The maximum Gasteiger partial charge on any atom is 0.243 e. The molecule has 1 aliphatic rings. The Morgan fingerprint density at radius 1 is 1.13 bits per heavy atom. The number of piperidine rings is 1. The van der Waals surface area contributed by atoms with Crippen LogP contribution in [0.3, 0.4) is 0 Å². The van der Waals surface area contributed by atoms with Gasteiger partial charge in [-0.1, -0.05) is 56.5 Å². The van der Waals surface area contributed by atoms with Crippen LogP contribution in [0.4, 0.5) is 0 Å². The molecule has 1 aromatic rings. The van der Waals surface area contributed by atoms with Crippen molar-refractivity contribution in [2.75, 3.05) is 40.3 Å². The van der Waals surface area contributed by atoms with E-state index in [9.17, 15) is 4.79 Å². The number of aliphatic imine (C=N–C) groups is 1. The van der Waals surface area contributed by atoms with Crippen LogP contribution in [-0.4, -0.2) is 68.0 Å². The maximum absolute atomic E-state index is 11.9. The molecule has 0 saturated carbocycles. The minimum Gasteiger partial charge on any atom is -0.356 e. The highest BCUT2D eigenvalue weighted by Gasteiger charge is 2.20. The van der Waals surface area contributed by atoms with Crippen molar-refractivity contribution in [3.63, 3.8) is 0 Å². The Hall–Kier alpha value is -1.35. The van der Waals surface area contributed by atoms with Crippen LogP contribution in [0.15, 0.2) is 35.3 Å². The van der Waals surface area contributed by atoms with Crippen LogP contribution in [0.1, 0.15) is 51.0 Å². The van der Waals surface area contributed by atoms with Crippen LogP contribution < -0.4 is 10.6 Å². The second-order valence-corrected chi connectivity index (χ2v) is 8.12. The van der Waals surface area contributed by atoms with E-state index >= 15 is 0 Å². The molecule has 0 aromatic heterocycles. The topological polar surface area (TPSA) is 60.0 Å². The van der Waals surface area contributed by atoms with Crippen LogP contribution in [0, 0.1) is 0 Å². The molecule has 0 spiro atoms. The summed E-state index contributed by atoms with van der Waals surface area (Å²) < 4.78 is 0. The Bertz CT molecular complexity index is 615. The second-order valence-electron chi connectivity index (χ2n) is 8.12. The van der Waals surface area contributed by atoms with Gasteiger partial charge in [0, 0.05) is 46.3 Å². The third kappa shape index (κ3) is 10.6. The first-order valence-electron chi connectivity index (χ1n) is 11.1. The highest BCUT2D eigenvalue weighted by Crippen LogP contribution is 2.13. The minimum atomic E-state index is 0. The first-order valence-corrected chi connectivity index (χ1v) is 11.1. The summed E-state index contributed by atoms with van der Waals surface area (Å²) in [6, 6.07) is 11.1. The van der Waals surface area contributed by atoms with Gasteiger partial charge in [0.1, 0.15) is 6.54 Å². The summed E-state index contributed by atoms with van der Waals surface area (Å²) in [5.41, 5.74) is 1.37. The predicted molar refractivity (Wildman–Crippen MR) is 136 cm³/mol. The van der Waals surface area contributed by atoms with E-state index in [-0.39, 0.29) is 36.4 Å². The molecule has 30 heavy (non-hydrogen) atoms. The number of nitrogens with zero attached hydrogens (tertiary/aromatic N) is 3. The molecule has 0 aliphatic carbocycles. The average Bonchev–Trinajstić information content (AvgIpc) is 2.73. The molecule has 1 heterocycles. The fraction of sp³-hybridized carbons (Fsp3) is 0.652. The number of nitrogens with one attached hydrogen (secondary N) is 2. The average molecular weight is 530 g/mol. The number of likely N-dealkylation sites (tertiary alicyclic amines) is 1. The van der Waals surface area contributed by atoms with Gasteiger partial charge in [-0.3, -0.25) is 9.69 Å². The summed E-state index contributed by atoms with van der Waals surface area (Å²) >= 11 is 0. The lowest BCUT2D eigenvalue weighted by atomic mass is 10.0. The van der Waals surface area contributed by atoms with Gasteiger partial charge >= 0.3 is 0 Å². The zero-order chi connectivity index (χ0) is 20.9. The highest BCUT2D eigenvalue weighted by atomic mass is 127. The highest BCUT2D eigenvalue weighted by molar-refractivity contribution is 14.0. The third-order valence-corrected chi connectivity index (χ3v) is 5.37. The molecule has 0 bridgehead atoms. The minimum absolute atomic E-state index is 0. The van der Waals surface area contributed by atoms with E-state index in [2.05, 4.69) is 57.8 Å². The Morgan fingerprint density at radius 2 is 1.83 bits per heavy atom. The number of guanidine groups is 1. The monoisotopic (exact) mass is 529 g/mol. The maximum atomic E-state index is 11.9. The summed E-state index contributed by atoms with van der Waals surface area (Å²) in [6.07, 6.45) is 7.03. The molecule has 1 aliphatic heterocycles. The van der Waals surface area contributed by atoms with Gasteiger partial charge in [0.25, 0.3) is 0 Å². The molecule has 1 fully saturated rings. The van der Waals surface area contributed by atoms with Gasteiger partial charge in [0.15, 0.2) is 5.96 Å². The molecule has 2 rings (SSSR count). The first-order chi connectivity index (χ1) is 14.1. The Kier molecular flexibility index (Phi) is 13.7. The quantitative estimate of drug-likeness (QED) is 0.211. The molecule has 0 unspecified atom stereocenters. The molecule has 2 N–H and O–H groups in total. The Morgan fingerprint density at radius 3 is 2.47 bits per heavy atom. The molecule has 0 radical (unpaired) electrons. The summed E-state index contributed by atoms with van der Waals surface area (Å²) in [5, 5.41) is 6.99. The smallest absolute Gasteiger partial charge is 0.243 e. The van der Waals surface area contributed by atoms with Crippen molar-refractivity contribution in [2.45, 2.75) is 58.0 Å². The van der Waals surface area contributed by atoms with E-state index in [1.807, 2.05) is 0 Å². The van der Waals surface area contributed by atoms with Crippen molar-refractivity contribution in [1.29, 1.82) is 0 Å². The van der Waals surface area contributed by atoms with Gasteiger partial charge < -0.3 is 15.5 Å². The van der Waals surface area contributed by atoms with E-state index in [4.69, 9.17) is 0 Å². The number of carbonyl (C=O) groups is 1. The molecule has 6 nitrogen and oxygen atoms in total. The molecule has 1 amide bonds. The molecular weight excluding hydrogens is 489 g/mol. The number of carbonyl (C=O) groups excluding carboxylic acids is 1. The molecular formula is C23H40IN5O. The Balaban J connectivity index is 0.00000450. The van der Waals surface area contributed by atoms with Crippen LogP contribution in [-0.2, 0) is 11.3 Å². The Labute approximate surface area is 199 Å². The number of halogens is 1. The number of amides is 1. The standard InChI is InChI=1S/C23H39N5O.HI/c1-4-5-6-10-15-24-23(25-18-22(29)27(2)3)26-21-13-16-28(17-14-21)19-20-11-8-7-9-12-20;/h7-9,11-12,21H,4-6,10,13-19H2,1-3H3,(H2,24,25,26);1H. The van der Waals surface area contributed by atoms with E-state index < -0.39 is 0 Å². The van der Waals surface area contributed by atoms with E-state index in [0.717, 1.165) is 51.4 Å². The van der Waals surface area contributed by atoms with Crippen LogP contribution in [0.2, 0.25) is 0 Å². The molecule has 1 aromatic carbocycles. The molecule has 0 atom stereocenters. The lowest BCUT2D eigenvalue weighted by molar-refractivity contribution is -0.127. The number of benzene rings is 1. The van der Waals surface area contributed by atoms with E-state index in [1.165, 1.54) is 24.8 Å². The number of hydrogen-bond acceptors (Lipinski definition) is 3. The van der Waals surface area contributed by atoms with Gasteiger partial charge in [0.2, 0.25) is 5.91 Å². The van der Waals surface area contributed by atoms with Crippen LogP contribution in [0.25, 0.3) is 0 Å². The lowest BCUT2D eigenvalue weighted by Gasteiger charge is -2.33. The summed E-state index contributed by atoms with van der Waals surface area (Å²) in [5.74, 6) is 0.799. The van der Waals surface area contributed by atoms with Gasteiger partial charge in [-0.15, -0.1) is 24.0 Å². The molecule has 7 heteroatoms. The fourth-order valence-corrected chi connectivity index (χ4v) is 3.47. The molecule has 170 valence electrons. The van der Waals surface area contributed by atoms with E-state index in [0.29, 0.717) is 6.04 Å². The van der Waals surface area contributed by atoms with Crippen molar-refractivity contribution in [3.8, 4) is 0 Å². The van der Waals surface area contributed by atoms with Gasteiger partial charge in [-0.05, 0) is 24.8 Å². The van der Waals surface area contributed by atoms with Gasteiger partial charge in [0.05, 0.1) is 0 Å². The normalized spacial score (nSPS) is 15.4. The summed E-state index contributed by atoms with van der Waals surface area (Å²) in [7, 11) is 3.54. The van der Waals surface area contributed by atoms with Crippen molar-refractivity contribution in [3.05, 3.63) is 35.9 Å². The lowest BCUT2D eigenvalue weighted by Crippen LogP contribution is -2.49. The van der Waals surface area contributed by atoms with Crippen LogP contribution >= 0.6 is 24.0 Å². The summed E-state index contributed by atoms with van der Waals surface area (Å²) in [6.45, 7) is 6.47. The predicted octanol–water partition coefficient (Wildman–Crippen LogP) is 3.47. The number of hydrogen-bond donors (Lipinski definition) is 2.